The minimum atomic E-state index is -4.68. The van der Waals surface area contributed by atoms with Crippen LogP contribution in [0.2, 0.25) is 0 Å². The summed E-state index contributed by atoms with van der Waals surface area (Å²) >= 11 is 0. The number of aromatic nitrogens is 3. The molecule has 12 nitrogen and oxygen atoms in total. The zero-order valence-corrected chi connectivity index (χ0v) is 28.1. The number of halogens is 3. The van der Waals surface area contributed by atoms with Crippen molar-refractivity contribution in [3.05, 3.63) is 118 Å². The molecule has 5 aromatic rings. The van der Waals surface area contributed by atoms with Crippen LogP contribution in [0.1, 0.15) is 54.5 Å². The van der Waals surface area contributed by atoms with Gasteiger partial charge in [0.2, 0.25) is 0 Å². The maximum Gasteiger partial charge on any atom is 0.416 e. The number of benzene rings is 3. The van der Waals surface area contributed by atoms with E-state index in [0.717, 1.165) is 12.1 Å². The summed E-state index contributed by atoms with van der Waals surface area (Å²) in [6.45, 7) is 4.56. The van der Waals surface area contributed by atoms with Gasteiger partial charge in [0.1, 0.15) is 0 Å². The summed E-state index contributed by atoms with van der Waals surface area (Å²) in [5.41, 5.74) is 4.74. The summed E-state index contributed by atoms with van der Waals surface area (Å²) in [5, 5.41) is 29.9. The van der Waals surface area contributed by atoms with Crippen LogP contribution in [0.5, 0.6) is 0 Å². The van der Waals surface area contributed by atoms with Crippen LogP contribution in [0.25, 0.3) is 17.3 Å². The molecule has 1 aliphatic rings. The Balaban J connectivity index is 1.18. The molecule has 0 aliphatic carbocycles. The van der Waals surface area contributed by atoms with Crippen molar-refractivity contribution < 1.29 is 37.8 Å². The highest BCUT2D eigenvalue weighted by Crippen LogP contribution is 2.37. The van der Waals surface area contributed by atoms with Gasteiger partial charge in [-0.15, -0.1) is 0 Å². The third kappa shape index (κ3) is 7.60. The predicted molar refractivity (Wildman–Crippen MR) is 190 cm³/mol. The molecule has 0 radical (unpaired) electrons. The number of alkyl halides is 3. The molecule has 3 aromatic carbocycles. The minimum absolute atomic E-state index is 0.116. The Morgan fingerprint density at radius 2 is 1.75 bits per heavy atom. The number of amides is 3. The van der Waals surface area contributed by atoms with Gasteiger partial charge < -0.3 is 41.0 Å². The van der Waals surface area contributed by atoms with Crippen molar-refractivity contribution in [3.63, 3.8) is 0 Å². The highest BCUT2D eigenvalue weighted by molar-refractivity contribution is 6.35. The first kappa shape index (κ1) is 35.6. The maximum atomic E-state index is 13.7. The third-order valence-electron chi connectivity index (χ3n) is 8.43. The lowest BCUT2D eigenvalue weighted by Gasteiger charge is -2.14. The number of aromatic amines is 1. The van der Waals surface area contributed by atoms with Crippen LogP contribution in [0.15, 0.2) is 73.2 Å². The summed E-state index contributed by atoms with van der Waals surface area (Å²) in [6.07, 6.45) is -1.16. The van der Waals surface area contributed by atoms with Gasteiger partial charge in [-0.25, -0.2) is 4.98 Å². The average Bonchev–Trinajstić information content (AvgIpc) is 3.76. The summed E-state index contributed by atoms with van der Waals surface area (Å²) in [5.74, 6) is -1.51. The van der Waals surface area contributed by atoms with Gasteiger partial charge in [-0.05, 0) is 80.9 Å². The SMILES string of the molecule is Cc1cn(-c2cc(C(=O)Nc3cccc(Nc4ccc5c(c4)NC(=O)C5=Cc4[nH]c(C)c(C(=O)NCC(O)CO)c4C)c3)cc(C(F)(F)F)c2)cn1. The molecule has 0 bridgehead atoms. The molecule has 3 heterocycles. The number of anilines is 4. The van der Waals surface area contributed by atoms with Crippen LogP contribution < -0.4 is 21.3 Å². The van der Waals surface area contributed by atoms with Crippen LogP contribution in [-0.2, 0) is 11.0 Å². The molecule has 3 amide bonds. The van der Waals surface area contributed by atoms with E-state index in [2.05, 4.69) is 31.2 Å². The number of aliphatic hydroxyl groups excluding tert-OH is 2. The van der Waals surface area contributed by atoms with Gasteiger partial charge in [0.15, 0.2) is 0 Å². The standard InChI is InChI=1S/C37H34F3N7O5/c1-19-16-47(18-42-19)27-10-22(9-23(11-27)37(38,39)40)34(50)45-25-6-4-5-24(12-25)44-26-7-8-29-30(35(51)46-32(29)13-26)14-31-20(2)33(21(3)43-31)36(52)41-15-28(49)17-48/h4-14,16,18,28,43-44,48-49H,15,17H2,1-3H3,(H,41,52)(H,45,50)(H,46,51). The zero-order chi connectivity index (χ0) is 37.3. The fourth-order valence-corrected chi connectivity index (χ4v) is 5.84. The van der Waals surface area contributed by atoms with E-state index in [1.54, 1.807) is 75.5 Å². The molecule has 7 N–H and O–H groups in total. The van der Waals surface area contributed by atoms with Crippen molar-refractivity contribution in [1.29, 1.82) is 0 Å². The molecule has 0 saturated heterocycles. The summed E-state index contributed by atoms with van der Waals surface area (Å²) in [7, 11) is 0. The number of hydrogen-bond acceptors (Lipinski definition) is 7. The van der Waals surface area contributed by atoms with Crippen molar-refractivity contribution >= 4 is 52.1 Å². The van der Waals surface area contributed by atoms with E-state index in [1.807, 2.05) is 0 Å². The molecule has 6 rings (SSSR count). The van der Waals surface area contributed by atoms with Crippen molar-refractivity contribution in [1.82, 2.24) is 19.9 Å². The fraction of sp³-hybridized carbons (Fsp3) is 0.189. The van der Waals surface area contributed by atoms with Crippen LogP contribution in [0.3, 0.4) is 0 Å². The van der Waals surface area contributed by atoms with Gasteiger partial charge in [-0.2, -0.15) is 13.2 Å². The second-order valence-corrected chi connectivity index (χ2v) is 12.3. The highest BCUT2D eigenvalue weighted by Gasteiger charge is 2.32. The number of aryl methyl sites for hydroxylation is 2. The first-order valence-corrected chi connectivity index (χ1v) is 16.1. The van der Waals surface area contributed by atoms with Gasteiger partial charge in [-0.1, -0.05) is 12.1 Å². The number of aliphatic hydroxyl groups is 2. The number of imidazole rings is 1. The maximum absolute atomic E-state index is 13.7. The largest absolute Gasteiger partial charge is 0.416 e. The van der Waals surface area contributed by atoms with E-state index in [1.165, 1.54) is 17.0 Å². The van der Waals surface area contributed by atoms with Crippen molar-refractivity contribution in [2.24, 2.45) is 0 Å². The first-order valence-electron chi connectivity index (χ1n) is 16.1. The van der Waals surface area contributed by atoms with E-state index >= 15 is 0 Å². The summed E-state index contributed by atoms with van der Waals surface area (Å²) in [4.78, 5) is 46.2. The molecule has 1 atom stereocenters. The smallest absolute Gasteiger partial charge is 0.394 e. The summed E-state index contributed by atoms with van der Waals surface area (Å²) in [6, 6.07) is 15.0. The molecular weight excluding hydrogens is 679 g/mol. The van der Waals surface area contributed by atoms with Crippen LogP contribution in [0, 0.1) is 20.8 Å². The van der Waals surface area contributed by atoms with E-state index in [0.29, 0.717) is 62.1 Å². The Morgan fingerprint density at radius 1 is 1.00 bits per heavy atom. The molecule has 0 saturated carbocycles. The summed E-state index contributed by atoms with van der Waals surface area (Å²) < 4.78 is 42.6. The lowest BCUT2D eigenvalue weighted by atomic mass is 10.0. The normalized spacial score (nSPS) is 13.8. The monoisotopic (exact) mass is 713 g/mol. The van der Waals surface area contributed by atoms with Gasteiger partial charge in [0.05, 0.1) is 47.1 Å². The van der Waals surface area contributed by atoms with Gasteiger partial charge in [0, 0.05) is 58.0 Å². The molecule has 0 spiro atoms. The van der Waals surface area contributed by atoms with E-state index in [4.69, 9.17) is 5.11 Å². The molecule has 0 fully saturated rings. The number of nitrogens with one attached hydrogen (secondary N) is 5. The van der Waals surface area contributed by atoms with Crippen molar-refractivity contribution in [2.75, 3.05) is 29.1 Å². The minimum Gasteiger partial charge on any atom is -0.394 e. The fourth-order valence-electron chi connectivity index (χ4n) is 5.84. The predicted octanol–water partition coefficient (Wildman–Crippen LogP) is 5.72. The average molecular weight is 714 g/mol. The lowest BCUT2D eigenvalue weighted by Crippen LogP contribution is -2.34. The van der Waals surface area contributed by atoms with Crippen LogP contribution >= 0.6 is 0 Å². The Morgan fingerprint density at radius 3 is 2.46 bits per heavy atom. The Labute approximate surface area is 295 Å². The van der Waals surface area contributed by atoms with E-state index < -0.39 is 36.3 Å². The van der Waals surface area contributed by atoms with Gasteiger partial charge >= 0.3 is 6.18 Å². The third-order valence-corrected chi connectivity index (χ3v) is 8.43. The second-order valence-electron chi connectivity index (χ2n) is 12.3. The highest BCUT2D eigenvalue weighted by atomic mass is 19.4. The van der Waals surface area contributed by atoms with Crippen molar-refractivity contribution in [2.45, 2.75) is 33.1 Å². The number of nitrogens with zero attached hydrogens (tertiary/aromatic N) is 2. The topological polar surface area (TPSA) is 173 Å². The Bertz CT molecular complexity index is 2240. The molecule has 1 unspecified atom stereocenters. The molecule has 1 aliphatic heterocycles. The first-order chi connectivity index (χ1) is 24.7. The van der Waals surface area contributed by atoms with Crippen molar-refractivity contribution in [3.8, 4) is 5.69 Å². The number of carbonyl (C=O) groups excluding carboxylic acids is 3. The molecule has 15 heteroatoms. The Kier molecular flexibility index (Phi) is 9.73. The number of fused-ring (bicyclic) bond motifs is 1. The van der Waals surface area contributed by atoms with E-state index in [-0.39, 0.29) is 23.7 Å². The zero-order valence-electron chi connectivity index (χ0n) is 28.1. The number of rotatable bonds is 10. The molecule has 268 valence electrons. The quantitative estimate of drug-likeness (QED) is 0.0908. The molecular formula is C37H34F3N7O5. The molecule has 2 aromatic heterocycles. The van der Waals surface area contributed by atoms with Crippen LogP contribution in [-0.4, -0.2) is 61.7 Å². The number of carbonyl (C=O) groups is 3. The lowest BCUT2D eigenvalue weighted by molar-refractivity contribution is -0.137. The van der Waals surface area contributed by atoms with E-state index in [9.17, 15) is 32.7 Å². The second kappa shape index (κ2) is 14.2. The Hall–Kier alpha value is -6.19. The van der Waals surface area contributed by atoms with Gasteiger partial charge in [-0.3, -0.25) is 14.4 Å². The van der Waals surface area contributed by atoms with Crippen LogP contribution in [0.4, 0.5) is 35.9 Å². The number of hydrogen-bond donors (Lipinski definition) is 7. The number of H-pyrrole nitrogens is 1. The molecule has 52 heavy (non-hydrogen) atoms. The van der Waals surface area contributed by atoms with Gasteiger partial charge in [0.25, 0.3) is 17.7 Å².